The molecule has 1 atom stereocenters. The fourth-order valence-electron chi connectivity index (χ4n) is 4.35. The SMILES string of the molecule is CCn1cc(C(F)(F)F)nc1-c1ccc(CC(NC(=O)OC(C)(C)C)c2cc(-c3c(Cl)cnn3C(C)C)n[nH]2)cc1. The van der Waals surface area contributed by atoms with Gasteiger partial charge in [0.1, 0.15) is 22.8 Å². The first kappa shape index (κ1) is 30.2. The van der Waals surface area contributed by atoms with Crippen LogP contribution in [0.1, 0.15) is 70.6 Å². The van der Waals surface area contributed by atoms with Gasteiger partial charge in [0.05, 0.1) is 23.0 Å². The number of hydrogen-bond acceptors (Lipinski definition) is 5. The van der Waals surface area contributed by atoms with Crippen molar-refractivity contribution < 1.29 is 22.7 Å². The number of carbonyl (C=O) groups is 1. The van der Waals surface area contributed by atoms with Gasteiger partial charge in [0.15, 0.2) is 5.69 Å². The van der Waals surface area contributed by atoms with Gasteiger partial charge in [-0.1, -0.05) is 35.9 Å². The molecule has 0 aliphatic heterocycles. The third-order valence-electron chi connectivity index (χ3n) is 6.21. The van der Waals surface area contributed by atoms with E-state index < -0.39 is 29.6 Å². The quantitative estimate of drug-likeness (QED) is 0.225. The number of imidazole rings is 1. The molecule has 41 heavy (non-hydrogen) atoms. The van der Waals surface area contributed by atoms with Crippen molar-refractivity contribution in [1.82, 2.24) is 34.8 Å². The average molecular weight is 592 g/mol. The zero-order valence-electron chi connectivity index (χ0n) is 23.7. The Morgan fingerprint density at radius 2 is 1.85 bits per heavy atom. The van der Waals surface area contributed by atoms with E-state index in [1.54, 1.807) is 68.9 Å². The first-order valence-corrected chi connectivity index (χ1v) is 13.6. The van der Waals surface area contributed by atoms with Gasteiger partial charge in [-0.3, -0.25) is 9.78 Å². The van der Waals surface area contributed by atoms with Crippen LogP contribution in [0.15, 0.2) is 42.7 Å². The van der Waals surface area contributed by atoms with Crippen molar-refractivity contribution in [3.8, 4) is 22.8 Å². The van der Waals surface area contributed by atoms with E-state index in [0.717, 1.165) is 11.8 Å². The van der Waals surface area contributed by atoms with E-state index in [1.165, 1.54) is 4.57 Å². The Hall–Kier alpha value is -3.80. The van der Waals surface area contributed by atoms with Crippen LogP contribution in [0.25, 0.3) is 22.8 Å². The maximum atomic E-state index is 13.2. The molecule has 0 saturated heterocycles. The Morgan fingerprint density at radius 3 is 2.44 bits per heavy atom. The lowest BCUT2D eigenvalue weighted by Crippen LogP contribution is -2.36. The average Bonchev–Trinajstić information content (AvgIpc) is 3.60. The van der Waals surface area contributed by atoms with Crippen LogP contribution in [0, 0.1) is 0 Å². The summed E-state index contributed by atoms with van der Waals surface area (Å²) >= 11 is 6.42. The Kier molecular flexibility index (Phi) is 8.53. The monoisotopic (exact) mass is 591 g/mol. The molecule has 0 aliphatic rings. The molecule has 3 heterocycles. The molecule has 1 aromatic carbocycles. The molecule has 4 aromatic rings. The van der Waals surface area contributed by atoms with Crippen molar-refractivity contribution in [1.29, 1.82) is 0 Å². The number of nitrogens with zero attached hydrogens (tertiary/aromatic N) is 5. The van der Waals surface area contributed by atoms with Crippen molar-refractivity contribution >= 4 is 17.7 Å². The summed E-state index contributed by atoms with van der Waals surface area (Å²) < 4.78 is 48.4. The van der Waals surface area contributed by atoms with E-state index >= 15 is 0 Å². The zero-order chi connectivity index (χ0) is 30.1. The number of H-pyrrole nitrogens is 1. The summed E-state index contributed by atoms with van der Waals surface area (Å²) in [6.07, 6.45) is -2.23. The van der Waals surface area contributed by atoms with Gasteiger partial charge in [-0.15, -0.1) is 0 Å². The van der Waals surface area contributed by atoms with Gasteiger partial charge in [-0.25, -0.2) is 9.78 Å². The molecule has 4 rings (SSSR count). The van der Waals surface area contributed by atoms with Crippen LogP contribution in [0.2, 0.25) is 5.02 Å². The maximum absolute atomic E-state index is 13.2. The summed E-state index contributed by atoms with van der Waals surface area (Å²) in [6, 6.07) is 8.30. The molecule has 0 spiro atoms. The van der Waals surface area contributed by atoms with E-state index in [-0.39, 0.29) is 11.9 Å². The summed E-state index contributed by atoms with van der Waals surface area (Å²) in [6.45, 7) is 11.4. The van der Waals surface area contributed by atoms with Crippen LogP contribution in [0.4, 0.5) is 18.0 Å². The molecule has 1 unspecified atom stereocenters. The van der Waals surface area contributed by atoms with Gasteiger partial charge in [-0.2, -0.15) is 23.4 Å². The van der Waals surface area contributed by atoms with E-state index in [4.69, 9.17) is 16.3 Å². The first-order chi connectivity index (χ1) is 19.2. The number of halogens is 4. The minimum absolute atomic E-state index is 0.0439. The van der Waals surface area contributed by atoms with Crippen LogP contribution in [0.3, 0.4) is 0 Å². The first-order valence-electron chi connectivity index (χ1n) is 13.2. The van der Waals surface area contributed by atoms with Crippen LogP contribution >= 0.6 is 11.6 Å². The van der Waals surface area contributed by atoms with Crippen LogP contribution < -0.4 is 5.32 Å². The molecule has 13 heteroatoms. The van der Waals surface area contributed by atoms with Gasteiger partial charge in [-0.05, 0) is 59.6 Å². The number of rotatable bonds is 8. The molecule has 0 fully saturated rings. The summed E-state index contributed by atoms with van der Waals surface area (Å²) in [7, 11) is 0. The van der Waals surface area contributed by atoms with E-state index in [9.17, 15) is 18.0 Å². The molecule has 0 bridgehead atoms. The molecule has 220 valence electrons. The lowest BCUT2D eigenvalue weighted by Gasteiger charge is -2.23. The molecule has 0 saturated carbocycles. The summed E-state index contributed by atoms with van der Waals surface area (Å²) in [4.78, 5) is 16.6. The predicted molar refractivity (Wildman–Crippen MR) is 149 cm³/mol. The minimum Gasteiger partial charge on any atom is -0.444 e. The number of nitrogens with one attached hydrogen (secondary N) is 2. The number of amides is 1. The molecule has 0 radical (unpaired) electrons. The molecule has 0 aliphatic carbocycles. The van der Waals surface area contributed by atoms with E-state index in [2.05, 4.69) is 25.6 Å². The highest BCUT2D eigenvalue weighted by atomic mass is 35.5. The van der Waals surface area contributed by atoms with Crippen LogP contribution in [0.5, 0.6) is 0 Å². The third-order valence-corrected chi connectivity index (χ3v) is 6.48. The molecule has 9 nitrogen and oxygen atoms in total. The van der Waals surface area contributed by atoms with Crippen LogP contribution in [-0.4, -0.2) is 41.2 Å². The fourth-order valence-corrected chi connectivity index (χ4v) is 4.57. The lowest BCUT2D eigenvalue weighted by atomic mass is 10.0. The highest BCUT2D eigenvalue weighted by molar-refractivity contribution is 6.32. The number of alkyl halides is 3. The Bertz CT molecular complexity index is 1500. The van der Waals surface area contributed by atoms with Gasteiger partial charge in [0.25, 0.3) is 0 Å². The van der Waals surface area contributed by atoms with E-state index in [1.807, 2.05) is 13.8 Å². The molecular formula is C28H33ClF3N7O2. The predicted octanol–water partition coefficient (Wildman–Crippen LogP) is 7.22. The second-order valence-corrected chi connectivity index (χ2v) is 11.3. The summed E-state index contributed by atoms with van der Waals surface area (Å²) in [5, 5.41) is 15.1. The van der Waals surface area contributed by atoms with Crippen molar-refractivity contribution in [2.75, 3.05) is 0 Å². The number of hydrogen-bond donors (Lipinski definition) is 2. The number of aromatic amines is 1. The van der Waals surface area contributed by atoms with Crippen molar-refractivity contribution in [2.45, 2.75) is 78.4 Å². The maximum Gasteiger partial charge on any atom is 0.434 e. The molecule has 1 amide bonds. The second kappa shape index (κ2) is 11.6. The molecule has 3 aromatic heterocycles. The van der Waals surface area contributed by atoms with Crippen molar-refractivity contribution in [3.05, 3.63) is 64.7 Å². The van der Waals surface area contributed by atoms with Gasteiger partial charge in [0, 0.05) is 24.3 Å². The van der Waals surface area contributed by atoms with Crippen molar-refractivity contribution in [3.63, 3.8) is 0 Å². The van der Waals surface area contributed by atoms with Gasteiger partial charge < -0.3 is 14.6 Å². The highest BCUT2D eigenvalue weighted by Gasteiger charge is 2.35. The fraction of sp³-hybridized carbons (Fsp3) is 0.429. The number of benzene rings is 1. The number of carbonyl (C=O) groups excluding carboxylic acids is 1. The summed E-state index contributed by atoms with van der Waals surface area (Å²) in [5.74, 6) is 0.228. The Morgan fingerprint density at radius 1 is 1.17 bits per heavy atom. The van der Waals surface area contributed by atoms with Gasteiger partial charge in [0.2, 0.25) is 0 Å². The van der Waals surface area contributed by atoms with E-state index in [0.29, 0.717) is 40.6 Å². The third kappa shape index (κ3) is 7.10. The number of aromatic nitrogens is 6. The zero-order valence-corrected chi connectivity index (χ0v) is 24.4. The minimum atomic E-state index is -4.53. The summed E-state index contributed by atoms with van der Waals surface area (Å²) in [5.41, 5.74) is 1.55. The molecular weight excluding hydrogens is 559 g/mol. The number of alkyl carbamates (subject to hydrolysis) is 1. The number of aryl methyl sites for hydroxylation is 1. The normalized spacial score (nSPS) is 13.0. The molecule has 2 N–H and O–H groups in total. The standard InChI is InChI=1S/C28H33ClF3N7O2/c1-7-38-15-23(28(30,31)32)35-25(38)18-10-8-17(9-11-18)12-20(34-26(40)41-27(4,5)6)21-13-22(37-36-21)24-19(29)14-33-39(24)16(2)3/h8-11,13-16,20H,7,12H2,1-6H3,(H,34,40)(H,36,37). The smallest absolute Gasteiger partial charge is 0.434 e. The van der Waals surface area contributed by atoms with Crippen LogP contribution in [-0.2, 0) is 23.9 Å². The highest BCUT2D eigenvalue weighted by Crippen LogP contribution is 2.33. The van der Waals surface area contributed by atoms with Gasteiger partial charge >= 0.3 is 12.3 Å². The topological polar surface area (TPSA) is 103 Å². The second-order valence-electron chi connectivity index (χ2n) is 10.9. The Balaban J connectivity index is 1.63. The Labute approximate surface area is 241 Å². The van der Waals surface area contributed by atoms with Crippen molar-refractivity contribution in [2.24, 2.45) is 0 Å². The lowest BCUT2D eigenvalue weighted by molar-refractivity contribution is -0.140. The number of ether oxygens (including phenoxy) is 1. The largest absolute Gasteiger partial charge is 0.444 e.